The number of hydrogen-bond acceptors (Lipinski definition) is 3. The first-order valence-electron chi connectivity index (χ1n) is 7.22. The third-order valence-electron chi connectivity index (χ3n) is 4.21. The minimum atomic E-state index is 0.593. The molecule has 1 aromatic carbocycles. The van der Waals surface area contributed by atoms with E-state index in [1.165, 1.54) is 43.7 Å². The molecule has 2 fully saturated rings. The standard InChI is InChI=1S/C15H22BrN3/c16-15-9-14(4-3-13(15)10-17)19-7-5-18(6-8-19)11-12-1-2-12/h3-4,9,12H,1-2,5-8,10-11,17H2. The van der Waals surface area contributed by atoms with Gasteiger partial charge in [0.15, 0.2) is 0 Å². The van der Waals surface area contributed by atoms with E-state index in [2.05, 4.69) is 43.9 Å². The molecule has 1 aliphatic heterocycles. The molecule has 0 bridgehead atoms. The number of nitrogens with two attached hydrogens (primary N) is 1. The van der Waals surface area contributed by atoms with E-state index in [4.69, 9.17) is 5.73 Å². The van der Waals surface area contributed by atoms with Gasteiger partial charge in [-0.3, -0.25) is 4.90 Å². The fourth-order valence-corrected chi connectivity index (χ4v) is 3.28. The lowest BCUT2D eigenvalue weighted by atomic mass is 10.1. The third-order valence-corrected chi connectivity index (χ3v) is 4.95. The highest BCUT2D eigenvalue weighted by molar-refractivity contribution is 9.10. The van der Waals surface area contributed by atoms with E-state index in [0.29, 0.717) is 6.54 Å². The molecule has 19 heavy (non-hydrogen) atoms. The molecule has 3 rings (SSSR count). The number of anilines is 1. The second-order valence-electron chi connectivity index (χ2n) is 5.71. The molecule has 104 valence electrons. The van der Waals surface area contributed by atoms with Crippen molar-refractivity contribution in [1.29, 1.82) is 0 Å². The summed E-state index contributed by atoms with van der Waals surface area (Å²) in [6.07, 6.45) is 2.90. The number of piperazine rings is 1. The second kappa shape index (κ2) is 5.81. The molecule has 0 atom stereocenters. The van der Waals surface area contributed by atoms with Crippen LogP contribution in [0.15, 0.2) is 22.7 Å². The molecule has 1 saturated heterocycles. The van der Waals surface area contributed by atoms with Crippen molar-refractivity contribution in [3.8, 4) is 0 Å². The van der Waals surface area contributed by atoms with Gasteiger partial charge >= 0.3 is 0 Å². The fourth-order valence-electron chi connectivity index (χ4n) is 2.75. The maximum atomic E-state index is 5.70. The van der Waals surface area contributed by atoms with Gasteiger partial charge in [-0.1, -0.05) is 22.0 Å². The normalized spacial score (nSPS) is 20.8. The average molecular weight is 324 g/mol. The molecule has 1 aromatic rings. The zero-order valence-electron chi connectivity index (χ0n) is 11.3. The predicted octanol–water partition coefficient (Wildman–Crippen LogP) is 2.44. The molecular formula is C15H22BrN3. The Morgan fingerprint density at radius 1 is 1.16 bits per heavy atom. The van der Waals surface area contributed by atoms with E-state index in [1.807, 2.05) is 0 Å². The van der Waals surface area contributed by atoms with Crippen molar-refractivity contribution < 1.29 is 0 Å². The first kappa shape index (κ1) is 13.4. The molecule has 2 N–H and O–H groups in total. The predicted molar refractivity (Wildman–Crippen MR) is 83.4 cm³/mol. The Bertz CT molecular complexity index is 437. The van der Waals surface area contributed by atoms with Crippen LogP contribution >= 0.6 is 15.9 Å². The van der Waals surface area contributed by atoms with Crippen LogP contribution in [0.4, 0.5) is 5.69 Å². The number of halogens is 1. The Labute approximate surface area is 123 Å². The van der Waals surface area contributed by atoms with Crippen LogP contribution in [0.25, 0.3) is 0 Å². The molecular weight excluding hydrogens is 302 g/mol. The maximum absolute atomic E-state index is 5.70. The summed E-state index contributed by atoms with van der Waals surface area (Å²) in [6.45, 7) is 6.60. The Morgan fingerprint density at radius 2 is 1.89 bits per heavy atom. The summed E-state index contributed by atoms with van der Waals surface area (Å²) in [5.41, 5.74) is 8.19. The van der Waals surface area contributed by atoms with E-state index in [0.717, 1.165) is 23.5 Å². The molecule has 2 aliphatic rings. The van der Waals surface area contributed by atoms with Crippen LogP contribution in [0, 0.1) is 5.92 Å². The van der Waals surface area contributed by atoms with E-state index >= 15 is 0 Å². The Balaban J connectivity index is 1.59. The minimum Gasteiger partial charge on any atom is -0.369 e. The highest BCUT2D eigenvalue weighted by Crippen LogP contribution is 2.30. The van der Waals surface area contributed by atoms with Gasteiger partial charge in [-0.15, -0.1) is 0 Å². The van der Waals surface area contributed by atoms with E-state index in [1.54, 1.807) is 0 Å². The van der Waals surface area contributed by atoms with Gasteiger partial charge in [0.05, 0.1) is 0 Å². The van der Waals surface area contributed by atoms with Gasteiger partial charge in [-0.05, 0) is 36.5 Å². The SMILES string of the molecule is NCc1ccc(N2CCN(CC3CC3)CC2)cc1Br. The molecule has 1 heterocycles. The number of rotatable bonds is 4. The zero-order chi connectivity index (χ0) is 13.2. The van der Waals surface area contributed by atoms with E-state index in [-0.39, 0.29) is 0 Å². The second-order valence-corrected chi connectivity index (χ2v) is 6.57. The molecule has 0 spiro atoms. The van der Waals surface area contributed by atoms with Crippen molar-refractivity contribution in [2.75, 3.05) is 37.6 Å². The summed E-state index contributed by atoms with van der Waals surface area (Å²) >= 11 is 3.61. The lowest BCUT2D eigenvalue weighted by Gasteiger charge is -2.36. The molecule has 0 amide bonds. The van der Waals surface area contributed by atoms with Gasteiger partial charge in [0.25, 0.3) is 0 Å². The van der Waals surface area contributed by atoms with Gasteiger partial charge in [-0.2, -0.15) is 0 Å². The topological polar surface area (TPSA) is 32.5 Å². The van der Waals surface area contributed by atoms with Gasteiger partial charge in [0, 0.05) is 49.4 Å². The van der Waals surface area contributed by atoms with Gasteiger partial charge in [-0.25, -0.2) is 0 Å². The van der Waals surface area contributed by atoms with Crippen molar-refractivity contribution in [2.24, 2.45) is 11.7 Å². The first-order chi connectivity index (χ1) is 9.26. The Kier molecular flexibility index (Phi) is 4.10. The fraction of sp³-hybridized carbons (Fsp3) is 0.600. The van der Waals surface area contributed by atoms with Crippen LogP contribution in [0.5, 0.6) is 0 Å². The van der Waals surface area contributed by atoms with Crippen LogP contribution in [-0.4, -0.2) is 37.6 Å². The van der Waals surface area contributed by atoms with Gasteiger partial charge in [0.1, 0.15) is 0 Å². The molecule has 0 radical (unpaired) electrons. The summed E-state index contributed by atoms with van der Waals surface area (Å²) in [5, 5.41) is 0. The van der Waals surface area contributed by atoms with E-state index in [9.17, 15) is 0 Å². The van der Waals surface area contributed by atoms with Crippen LogP contribution < -0.4 is 10.6 Å². The van der Waals surface area contributed by atoms with Crippen molar-refractivity contribution in [3.05, 3.63) is 28.2 Å². The maximum Gasteiger partial charge on any atom is 0.0378 e. The molecule has 1 saturated carbocycles. The smallest absolute Gasteiger partial charge is 0.0378 e. The lowest BCUT2D eigenvalue weighted by Crippen LogP contribution is -2.47. The lowest BCUT2D eigenvalue weighted by molar-refractivity contribution is 0.248. The molecule has 4 heteroatoms. The summed E-state index contributed by atoms with van der Waals surface area (Å²) in [6, 6.07) is 6.54. The van der Waals surface area contributed by atoms with Gasteiger partial charge in [0.2, 0.25) is 0 Å². The summed E-state index contributed by atoms with van der Waals surface area (Å²) in [4.78, 5) is 5.10. The molecule has 0 aromatic heterocycles. The molecule has 3 nitrogen and oxygen atoms in total. The largest absolute Gasteiger partial charge is 0.369 e. The van der Waals surface area contributed by atoms with Gasteiger partial charge < -0.3 is 10.6 Å². The minimum absolute atomic E-state index is 0.593. The number of benzene rings is 1. The molecule has 1 aliphatic carbocycles. The monoisotopic (exact) mass is 323 g/mol. The highest BCUT2D eigenvalue weighted by atomic mass is 79.9. The van der Waals surface area contributed by atoms with Crippen molar-refractivity contribution >= 4 is 21.6 Å². The van der Waals surface area contributed by atoms with Crippen molar-refractivity contribution in [2.45, 2.75) is 19.4 Å². The zero-order valence-corrected chi connectivity index (χ0v) is 12.9. The molecule has 0 unspecified atom stereocenters. The summed E-state index contributed by atoms with van der Waals surface area (Å²) in [7, 11) is 0. The van der Waals surface area contributed by atoms with Crippen molar-refractivity contribution in [3.63, 3.8) is 0 Å². The van der Waals surface area contributed by atoms with Crippen LogP contribution in [0.3, 0.4) is 0 Å². The number of nitrogens with zero attached hydrogens (tertiary/aromatic N) is 2. The summed E-state index contributed by atoms with van der Waals surface area (Å²) < 4.78 is 1.13. The van der Waals surface area contributed by atoms with Crippen LogP contribution in [-0.2, 0) is 6.54 Å². The van der Waals surface area contributed by atoms with E-state index < -0.39 is 0 Å². The third kappa shape index (κ3) is 3.30. The Morgan fingerprint density at radius 3 is 2.47 bits per heavy atom. The summed E-state index contributed by atoms with van der Waals surface area (Å²) in [5.74, 6) is 1.00. The van der Waals surface area contributed by atoms with Crippen molar-refractivity contribution in [1.82, 2.24) is 4.90 Å². The Hall–Kier alpha value is -0.580. The highest BCUT2D eigenvalue weighted by Gasteiger charge is 2.26. The van der Waals surface area contributed by atoms with Crippen LogP contribution in [0.1, 0.15) is 18.4 Å². The quantitative estimate of drug-likeness (QED) is 0.923. The first-order valence-corrected chi connectivity index (χ1v) is 8.01. The number of hydrogen-bond donors (Lipinski definition) is 1. The van der Waals surface area contributed by atoms with Crippen LogP contribution in [0.2, 0.25) is 0 Å². The average Bonchev–Trinajstić information content (AvgIpc) is 3.23.